The normalized spacial score (nSPS) is 10.5. The van der Waals surface area contributed by atoms with Crippen molar-refractivity contribution in [1.29, 1.82) is 0 Å². The molecule has 2 amide bonds. The largest absolute Gasteiger partial charge is 0.356 e. The molecule has 2 heterocycles. The zero-order chi connectivity index (χ0) is 16.8. The molecule has 0 aliphatic rings. The maximum Gasteiger partial charge on any atom is 0.315 e. The van der Waals surface area contributed by atoms with Gasteiger partial charge in [0, 0.05) is 17.0 Å². The van der Waals surface area contributed by atoms with Gasteiger partial charge in [0.2, 0.25) is 0 Å². The van der Waals surface area contributed by atoms with Gasteiger partial charge in [0.05, 0.1) is 23.8 Å². The quantitative estimate of drug-likeness (QED) is 0.720. The van der Waals surface area contributed by atoms with Crippen molar-refractivity contribution in [3.05, 3.63) is 58.2 Å². The van der Waals surface area contributed by atoms with E-state index in [0.717, 1.165) is 22.7 Å². The first kappa shape index (κ1) is 16.2. The summed E-state index contributed by atoms with van der Waals surface area (Å²) in [4.78, 5) is 16.2. The van der Waals surface area contributed by atoms with Crippen molar-refractivity contribution in [2.24, 2.45) is 0 Å². The van der Waals surface area contributed by atoms with Gasteiger partial charge < -0.3 is 15.2 Å². The van der Waals surface area contributed by atoms with Gasteiger partial charge in [-0.2, -0.15) is 0 Å². The minimum Gasteiger partial charge on any atom is -0.356 e. The van der Waals surface area contributed by atoms with Gasteiger partial charge in [0.15, 0.2) is 5.76 Å². The van der Waals surface area contributed by atoms with Crippen molar-refractivity contribution in [3.63, 3.8) is 0 Å². The minimum atomic E-state index is -0.259. The fourth-order valence-electron chi connectivity index (χ4n) is 2.13. The molecule has 0 saturated heterocycles. The van der Waals surface area contributed by atoms with Crippen LogP contribution >= 0.6 is 11.3 Å². The van der Waals surface area contributed by atoms with Crippen LogP contribution in [0, 0.1) is 0 Å². The lowest BCUT2D eigenvalue weighted by molar-refractivity contribution is 0.239. The van der Waals surface area contributed by atoms with Crippen LogP contribution in [0.4, 0.5) is 4.79 Å². The lowest BCUT2D eigenvalue weighted by Crippen LogP contribution is -2.34. The Balaban J connectivity index is 1.47. The molecule has 2 N–H and O–H groups in total. The Morgan fingerprint density at radius 3 is 2.62 bits per heavy atom. The molecule has 1 aromatic carbocycles. The summed E-state index contributed by atoms with van der Waals surface area (Å²) < 4.78 is 5.30. The summed E-state index contributed by atoms with van der Waals surface area (Å²) in [6.07, 6.45) is 0.909. The van der Waals surface area contributed by atoms with Crippen LogP contribution < -0.4 is 10.6 Å². The van der Waals surface area contributed by atoms with Gasteiger partial charge in [-0.05, 0) is 6.42 Å². The molecule has 6 nitrogen and oxygen atoms in total. The Morgan fingerprint density at radius 2 is 1.92 bits per heavy atom. The van der Waals surface area contributed by atoms with Crippen molar-refractivity contribution in [1.82, 2.24) is 20.8 Å². The highest BCUT2D eigenvalue weighted by Crippen LogP contribution is 2.19. The summed E-state index contributed by atoms with van der Waals surface area (Å²) in [6, 6.07) is 11.3. The number of aryl methyl sites for hydroxylation is 1. The van der Waals surface area contributed by atoms with Crippen LogP contribution in [-0.2, 0) is 19.5 Å². The summed E-state index contributed by atoms with van der Waals surface area (Å²) in [6.45, 7) is 2.78. The molecule has 24 heavy (non-hydrogen) atoms. The zero-order valence-electron chi connectivity index (χ0n) is 13.3. The predicted octanol–water partition coefficient (Wildman–Crippen LogP) is 3.36. The number of carbonyl (C=O) groups excluding carboxylic acids is 1. The van der Waals surface area contributed by atoms with Gasteiger partial charge in [-0.15, -0.1) is 11.3 Å². The molecule has 0 radical (unpaired) electrons. The number of hydrogen-bond acceptors (Lipinski definition) is 5. The smallest absolute Gasteiger partial charge is 0.315 e. The van der Waals surface area contributed by atoms with Crippen LogP contribution in [-0.4, -0.2) is 16.2 Å². The molecule has 2 aromatic heterocycles. The van der Waals surface area contributed by atoms with E-state index in [0.29, 0.717) is 24.5 Å². The maximum absolute atomic E-state index is 11.8. The van der Waals surface area contributed by atoms with Crippen molar-refractivity contribution >= 4 is 17.4 Å². The number of benzene rings is 1. The average molecular weight is 342 g/mol. The van der Waals surface area contributed by atoms with E-state index in [2.05, 4.69) is 27.7 Å². The Hall–Kier alpha value is -2.67. The lowest BCUT2D eigenvalue weighted by Gasteiger charge is -2.04. The summed E-state index contributed by atoms with van der Waals surface area (Å²) in [7, 11) is 0. The summed E-state index contributed by atoms with van der Waals surface area (Å²) >= 11 is 1.61. The molecule has 0 fully saturated rings. The lowest BCUT2D eigenvalue weighted by atomic mass is 10.2. The van der Waals surface area contributed by atoms with Gasteiger partial charge >= 0.3 is 6.03 Å². The van der Waals surface area contributed by atoms with Crippen LogP contribution in [0.2, 0.25) is 0 Å². The van der Waals surface area contributed by atoms with Crippen molar-refractivity contribution in [3.8, 4) is 11.3 Å². The molecule has 0 bridgehead atoms. The molecular weight excluding hydrogens is 324 g/mol. The topological polar surface area (TPSA) is 80.0 Å². The number of amides is 2. The molecule has 124 valence electrons. The monoisotopic (exact) mass is 342 g/mol. The van der Waals surface area contributed by atoms with Crippen LogP contribution in [0.3, 0.4) is 0 Å². The Labute approximate surface area is 143 Å². The van der Waals surface area contributed by atoms with Crippen LogP contribution in [0.5, 0.6) is 0 Å². The second kappa shape index (κ2) is 7.74. The molecule has 0 aliphatic heterocycles. The molecule has 7 heteroatoms. The number of carbonyl (C=O) groups is 1. The highest BCUT2D eigenvalue weighted by Gasteiger charge is 2.08. The van der Waals surface area contributed by atoms with E-state index in [9.17, 15) is 4.79 Å². The highest BCUT2D eigenvalue weighted by atomic mass is 32.1. The van der Waals surface area contributed by atoms with Gasteiger partial charge in [0.1, 0.15) is 5.69 Å². The van der Waals surface area contributed by atoms with Crippen LogP contribution in [0.15, 0.2) is 46.3 Å². The Kier molecular flexibility index (Phi) is 5.22. The van der Waals surface area contributed by atoms with Crippen LogP contribution in [0.25, 0.3) is 11.3 Å². The number of thiazole rings is 1. The molecule has 0 spiro atoms. The third kappa shape index (κ3) is 4.20. The third-order valence-corrected chi connectivity index (χ3v) is 4.42. The number of nitrogens with zero attached hydrogens (tertiary/aromatic N) is 2. The molecule has 0 atom stereocenters. The van der Waals surface area contributed by atoms with E-state index < -0.39 is 0 Å². The van der Waals surface area contributed by atoms with E-state index >= 15 is 0 Å². The molecule has 3 aromatic rings. The van der Waals surface area contributed by atoms with E-state index in [1.165, 1.54) is 0 Å². The zero-order valence-corrected chi connectivity index (χ0v) is 14.1. The summed E-state index contributed by atoms with van der Waals surface area (Å²) in [5.74, 6) is 0.683. The maximum atomic E-state index is 11.8. The highest BCUT2D eigenvalue weighted by molar-refractivity contribution is 7.09. The number of hydrogen-bond donors (Lipinski definition) is 2. The van der Waals surface area contributed by atoms with Gasteiger partial charge in [-0.1, -0.05) is 42.4 Å². The number of urea groups is 1. The first-order valence-electron chi connectivity index (χ1n) is 7.70. The van der Waals surface area contributed by atoms with Crippen molar-refractivity contribution in [2.45, 2.75) is 26.4 Å². The molecular formula is C17H18N4O2S. The molecule has 0 unspecified atom stereocenters. The van der Waals surface area contributed by atoms with E-state index in [-0.39, 0.29) is 6.03 Å². The van der Waals surface area contributed by atoms with E-state index in [1.807, 2.05) is 41.8 Å². The fourth-order valence-corrected chi connectivity index (χ4v) is 2.88. The first-order valence-corrected chi connectivity index (χ1v) is 8.58. The average Bonchev–Trinajstić information content (AvgIpc) is 3.28. The number of nitrogens with one attached hydrogen (secondary N) is 2. The molecule has 0 saturated carbocycles. The number of aromatic nitrogens is 2. The van der Waals surface area contributed by atoms with Crippen LogP contribution in [0.1, 0.15) is 23.3 Å². The summed E-state index contributed by atoms with van der Waals surface area (Å²) in [5.41, 5.74) is 2.50. The SMILES string of the molecule is CCc1nc(CNC(=O)NCc2cc(-c3ccccc3)on2)cs1. The van der Waals surface area contributed by atoms with Crippen molar-refractivity contribution in [2.75, 3.05) is 0 Å². The van der Waals surface area contributed by atoms with E-state index in [4.69, 9.17) is 4.52 Å². The third-order valence-electron chi connectivity index (χ3n) is 3.38. The standard InChI is InChI=1S/C17H18N4O2S/c1-2-16-20-14(11-24-16)10-19-17(22)18-9-13-8-15(23-21-13)12-6-4-3-5-7-12/h3-8,11H,2,9-10H2,1H3,(H2,18,19,22). The second-order valence-corrected chi connectivity index (χ2v) is 6.11. The molecule has 3 rings (SSSR count). The Bertz CT molecular complexity index is 798. The fraction of sp³-hybridized carbons (Fsp3) is 0.235. The predicted molar refractivity (Wildman–Crippen MR) is 92.5 cm³/mol. The molecule has 0 aliphatic carbocycles. The second-order valence-electron chi connectivity index (χ2n) is 5.17. The first-order chi connectivity index (χ1) is 11.7. The van der Waals surface area contributed by atoms with Gasteiger partial charge in [-0.3, -0.25) is 0 Å². The Morgan fingerprint density at radius 1 is 1.17 bits per heavy atom. The summed E-state index contributed by atoms with van der Waals surface area (Å²) in [5, 5.41) is 12.5. The number of rotatable bonds is 6. The van der Waals surface area contributed by atoms with E-state index in [1.54, 1.807) is 11.3 Å². The van der Waals surface area contributed by atoms with Gasteiger partial charge in [0.25, 0.3) is 0 Å². The minimum absolute atomic E-state index is 0.259. The van der Waals surface area contributed by atoms with Crippen molar-refractivity contribution < 1.29 is 9.32 Å². The van der Waals surface area contributed by atoms with Gasteiger partial charge in [-0.25, -0.2) is 9.78 Å².